The van der Waals surface area contributed by atoms with Crippen LogP contribution in [0.1, 0.15) is 21.7 Å². The molecular formula is C14H15NOS2. The van der Waals surface area contributed by atoms with E-state index in [1.807, 2.05) is 22.3 Å². The summed E-state index contributed by atoms with van der Waals surface area (Å²) < 4.78 is 0. The molecule has 0 unspecified atom stereocenters. The number of fused-ring (bicyclic) bond motifs is 1. The monoisotopic (exact) mass is 277 g/mol. The van der Waals surface area contributed by atoms with Gasteiger partial charge in [-0.2, -0.15) is 0 Å². The highest BCUT2D eigenvalue weighted by Crippen LogP contribution is 2.24. The normalized spacial score (nSPS) is 14.6. The van der Waals surface area contributed by atoms with Gasteiger partial charge in [-0.25, -0.2) is 0 Å². The molecule has 0 radical (unpaired) electrons. The van der Waals surface area contributed by atoms with E-state index in [1.54, 1.807) is 11.3 Å². The van der Waals surface area contributed by atoms with E-state index in [-0.39, 0.29) is 0 Å². The summed E-state index contributed by atoms with van der Waals surface area (Å²) in [6.07, 6.45) is 2.54. The summed E-state index contributed by atoms with van der Waals surface area (Å²) in [5.41, 5.74) is 1.34. The molecule has 2 aromatic heterocycles. The number of thiophene rings is 2. The Labute approximate surface area is 115 Å². The predicted molar refractivity (Wildman–Crippen MR) is 76.1 cm³/mol. The maximum Gasteiger partial charge on any atom is 0.223 e. The first kappa shape index (κ1) is 11.9. The topological polar surface area (TPSA) is 20.3 Å². The first-order valence-electron chi connectivity index (χ1n) is 6.18. The van der Waals surface area contributed by atoms with Crippen molar-refractivity contribution in [3.8, 4) is 0 Å². The van der Waals surface area contributed by atoms with Crippen LogP contribution in [-0.4, -0.2) is 17.4 Å². The van der Waals surface area contributed by atoms with E-state index in [4.69, 9.17) is 0 Å². The van der Waals surface area contributed by atoms with Gasteiger partial charge in [0.2, 0.25) is 5.91 Å². The average molecular weight is 277 g/mol. The first-order chi connectivity index (χ1) is 8.83. The largest absolute Gasteiger partial charge is 0.338 e. The van der Waals surface area contributed by atoms with Crippen LogP contribution < -0.4 is 0 Å². The van der Waals surface area contributed by atoms with Gasteiger partial charge in [0.25, 0.3) is 0 Å². The molecule has 0 atom stereocenters. The molecule has 1 amide bonds. The van der Waals surface area contributed by atoms with Crippen molar-refractivity contribution in [3.05, 3.63) is 44.3 Å². The summed E-state index contributed by atoms with van der Waals surface area (Å²) in [6, 6.07) is 6.30. The van der Waals surface area contributed by atoms with Crippen molar-refractivity contribution in [1.82, 2.24) is 4.90 Å². The number of aryl methyl sites for hydroxylation is 1. The average Bonchev–Trinajstić information content (AvgIpc) is 3.05. The summed E-state index contributed by atoms with van der Waals surface area (Å²) >= 11 is 3.55. The molecule has 2 aromatic rings. The van der Waals surface area contributed by atoms with Crippen LogP contribution in [-0.2, 0) is 24.2 Å². The zero-order valence-corrected chi connectivity index (χ0v) is 11.7. The second-order valence-corrected chi connectivity index (χ2v) is 6.55. The van der Waals surface area contributed by atoms with Gasteiger partial charge in [-0.05, 0) is 41.3 Å². The van der Waals surface area contributed by atoms with Crippen LogP contribution >= 0.6 is 22.7 Å². The molecule has 3 rings (SSSR count). The molecule has 0 spiro atoms. The van der Waals surface area contributed by atoms with Gasteiger partial charge in [-0.3, -0.25) is 4.79 Å². The summed E-state index contributed by atoms with van der Waals surface area (Å²) in [4.78, 5) is 16.9. The molecule has 0 saturated heterocycles. The maximum atomic E-state index is 12.2. The van der Waals surface area contributed by atoms with Gasteiger partial charge >= 0.3 is 0 Å². The third-order valence-corrected chi connectivity index (χ3v) is 5.28. The lowest BCUT2D eigenvalue weighted by atomic mass is 10.1. The van der Waals surface area contributed by atoms with E-state index in [0.717, 1.165) is 25.9 Å². The van der Waals surface area contributed by atoms with Crippen LogP contribution in [0.25, 0.3) is 0 Å². The lowest BCUT2D eigenvalue weighted by Gasteiger charge is -2.27. The lowest BCUT2D eigenvalue weighted by Crippen LogP contribution is -2.35. The van der Waals surface area contributed by atoms with Gasteiger partial charge in [0.15, 0.2) is 0 Å². The maximum absolute atomic E-state index is 12.2. The molecule has 0 N–H and O–H groups in total. The van der Waals surface area contributed by atoms with Crippen LogP contribution in [0.3, 0.4) is 0 Å². The molecule has 4 heteroatoms. The molecule has 18 heavy (non-hydrogen) atoms. The Morgan fingerprint density at radius 2 is 2.22 bits per heavy atom. The smallest absolute Gasteiger partial charge is 0.223 e. The van der Waals surface area contributed by atoms with E-state index in [9.17, 15) is 4.79 Å². The zero-order valence-electron chi connectivity index (χ0n) is 10.1. The van der Waals surface area contributed by atoms with Gasteiger partial charge in [-0.15, -0.1) is 22.7 Å². The lowest BCUT2D eigenvalue weighted by molar-refractivity contribution is -0.132. The van der Waals surface area contributed by atoms with Crippen molar-refractivity contribution in [2.45, 2.75) is 25.8 Å². The quantitative estimate of drug-likeness (QED) is 0.842. The number of rotatable bonds is 3. The van der Waals surface area contributed by atoms with E-state index in [1.165, 1.54) is 15.3 Å². The minimum absolute atomic E-state index is 0.292. The van der Waals surface area contributed by atoms with Crippen LogP contribution in [0.15, 0.2) is 29.0 Å². The standard InChI is InChI=1S/C14H15NOS2/c16-14(4-3-12-2-1-8-17-12)15-7-5-13-11(10-15)6-9-18-13/h1-2,6,8-9H,3-5,7,10H2. The Morgan fingerprint density at radius 1 is 1.28 bits per heavy atom. The Morgan fingerprint density at radius 3 is 3.06 bits per heavy atom. The fourth-order valence-electron chi connectivity index (χ4n) is 2.30. The SMILES string of the molecule is O=C(CCc1cccs1)N1CCc2sccc2C1. The number of carbonyl (C=O) groups is 1. The summed E-state index contributed by atoms with van der Waals surface area (Å²) in [7, 11) is 0. The molecule has 1 aliphatic heterocycles. The first-order valence-corrected chi connectivity index (χ1v) is 7.94. The van der Waals surface area contributed by atoms with E-state index < -0.39 is 0 Å². The van der Waals surface area contributed by atoms with Gasteiger partial charge in [-0.1, -0.05) is 6.07 Å². The Kier molecular flexibility index (Phi) is 3.48. The highest BCUT2D eigenvalue weighted by molar-refractivity contribution is 7.10. The Hall–Kier alpha value is -1.13. The van der Waals surface area contributed by atoms with E-state index in [0.29, 0.717) is 12.3 Å². The third-order valence-electron chi connectivity index (χ3n) is 3.33. The number of nitrogens with zero attached hydrogens (tertiary/aromatic N) is 1. The predicted octanol–water partition coefficient (Wildman–Crippen LogP) is 3.33. The zero-order chi connectivity index (χ0) is 12.4. The molecule has 1 aliphatic rings. The molecule has 0 bridgehead atoms. The molecule has 0 saturated carbocycles. The summed E-state index contributed by atoms with van der Waals surface area (Å²) in [5, 5.41) is 4.20. The highest BCUT2D eigenvalue weighted by Gasteiger charge is 2.20. The van der Waals surface area contributed by atoms with Crippen LogP contribution in [0.5, 0.6) is 0 Å². The van der Waals surface area contributed by atoms with E-state index in [2.05, 4.69) is 22.9 Å². The van der Waals surface area contributed by atoms with Gasteiger partial charge < -0.3 is 4.90 Å². The second kappa shape index (κ2) is 5.24. The van der Waals surface area contributed by atoms with Crippen LogP contribution in [0, 0.1) is 0 Å². The molecule has 0 fully saturated rings. The van der Waals surface area contributed by atoms with E-state index >= 15 is 0 Å². The fraction of sp³-hybridized carbons (Fsp3) is 0.357. The van der Waals surface area contributed by atoms with Crippen molar-refractivity contribution in [3.63, 3.8) is 0 Å². The van der Waals surface area contributed by atoms with Crippen LogP contribution in [0.2, 0.25) is 0 Å². The Bertz CT molecular complexity index is 530. The molecule has 3 heterocycles. The second-order valence-electron chi connectivity index (χ2n) is 4.51. The van der Waals surface area contributed by atoms with Crippen molar-refractivity contribution < 1.29 is 4.79 Å². The number of hydrogen-bond donors (Lipinski definition) is 0. The summed E-state index contributed by atoms with van der Waals surface area (Å²) in [6.45, 7) is 1.69. The summed E-state index contributed by atoms with van der Waals surface area (Å²) in [5.74, 6) is 0.292. The third kappa shape index (κ3) is 2.49. The molecular weight excluding hydrogens is 262 g/mol. The number of hydrogen-bond acceptors (Lipinski definition) is 3. The van der Waals surface area contributed by atoms with Crippen molar-refractivity contribution in [2.75, 3.05) is 6.54 Å². The van der Waals surface area contributed by atoms with Crippen molar-refractivity contribution >= 4 is 28.6 Å². The Balaban J connectivity index is 1.57. The molecule has 0 aromatic carbocycles. The fourth-order valence-corrected chi connectivity index (χ4v) is 3.90. The highest BCUT2D eigenvalue weighted by atomic mass is 32.1. The van der Waals surface area contributed by atoms with Crippen molar-refractivity contribution in [2.24, 2.45) is 0 Å². The minimum Gasteiger partial charge on any atom is -0.338 e. The van der Waals surface area contributed by atoms with Crippen molar-refractivity contribution in [1.29, 1.82) is 0 Å². The van der Waals surface area contributed by atoms with Gasteiger partial charge in [0.05, 0.1) is 0 Å². The van der Waals surface area contributed by atoms with Gasteiger partial charge in [0.1, 0.15) is 0 Å². The molecule has 2 nitrogen and oxygen atoms in total. The minimum atomic E-state index is 0.292. The van der Waals surface area contributed by atoms with Crippen LogP contribution in [0.4, 0.5) is 0 Å². The molecule has 0 aliphatic carbocycles. The van der Waals surface area contributed by atoms with Gasteiger partial charge in [0, 0.05) is 29.3 Å². The number of carbonyl (C=O) groups excluding carboxylic acids is 1. The molecule has 94 valence electrons. The number of amides is 1.